The van der Waals surface area contributed by atoms with E-state index < -0.39 is 5.97 Å². The van der Waals surface area contributed by atoms with Crippen molar-refractivity contribution in [2.24, 2.45) is 0 Å². The van der Waals surface area contributed by atoms with Crippen LogP contribution in [-0.2, 0) is 4.79 Å². The van der Waals surface area contributed by atoms with Crippen LogP contribution in [0, 0.1) is 0 Å². The van der Waals surface area contributed by atoms with Crippen molar-refractivity contribution < 1.29 is 9.90 Å². The molecule has 0 saturated carbocycles. The van der Waals surface area contributed by atoms with Gasteiger partial charge in [0.15, 0.2) is 0 Å². The molecule has 0 aliphatic heterocycles. The Kier molecular flexibility index (Phi) is 5.53. The molecule has 1 aromatic heterocycles. The molecule has 0 aliphatic carbocycles. The predicted octanol–water partition coefficient (Wildman–Crippen LogP) is -0.348. The van der Waals surface area contributed by atoms with E-state index >= 15 is 0 Å². The van der Waals surface area contributed by atoms with E-state index in [4.69, 9.17) is 15.6 Å². The molecule has 0 unspecified atom stereocenters. The standard InChI is InChI=1S/C6H12N6.C2H4O2/c1-8-5-9-4(7)10-6(11-5)12(2)3;1-2(3)4/h1-3H3,(H3,7,8,9,10,11);1H3,(H,3,4). The molecule has 8 heteroatoms. The van der Waals surface area contributed by atoms with Gasteiger partial charge in [0.25, 0.3) is 5.97 Å². The van der Waals surface area contributed by atoms with E-state index in [-0.39, 0.29) is 5.95 Å². The van der Waals surface area contributed by atoms with Gasteiger partial charge in [-0.15, -0.1) is 0 Å². The van der Waals surface area contributed by atoms with Crippen LogP contribution in [0.1, 0.15) is 6.92 Å². The topological polar surface area (TPSA) is 117 Å². The predicted molar refractivity (Wildman–Crippen MR) is 61.4 cm³/mol. The van der Waals surface area contributed by atoms with Crippen LogP contribution in [-0.4, -0.2) is 47.2 Å². The highest BCUT2D eigenvalue weighted by Gasteiger charge is 2.03. The Hall–Kier alpha value is -2.12. The smallest absolute Gasteiger partial charge is 0.300 e. The minimum Gasteiger partial charge on any atom is -0.481 e. The molecule has 0 spiro atoms. The first kappa shape index (κ1) is 13.9. The Labute approximate surface area is 93.5 Å². The average Bonchev–Trinajstić information content (AvgIpc) is 2.15. The van der Waals surface area contributed by atoms with Gasteiger partial charge < -0.3 is 21.1 Å². The Morgan fingerprint density at radius 3 is 2.25 bits per heavy atom. The molecule has 0 bridgehead atoms. The third-order valence-corrected chi connectivity index (χ3v) is 1.26. The Morgan fingerprint density at radius 1 is 1.38 bits per heavy atom. The summed E-state index contributed by atoms with van der Waals surface area (Å²) in [6.45, 7) is 1.08. The lowest BCUT2D eigenvalue weighted by Gasteiger charge is -2.10. The number of nitrogen functional groups attached to an aromatic ring is 1. The van der Waals surface area contributed by atoms with Crippen molar-refractivity contribution in [1.82, 2.24) is 15.0 Å². The van der Waals surface area contributed by atoms with E-state index in [2.05, 4.69) is 20.3 Å². The second-order valence-electron chi connectivity index (χ2n) is 2.98. The molecular formula is C8H16N6O2. The molecule has 0 fully saturated rings. The Morgan fingerprint density at radius 2 is 1.88 bits per heavy atom. The molecule has 4 N–H and O–H groups in total. The first-order chi connectivity index (χ1) is 7.36. The third kappa shape index (κ3) is 5.58. The molecule has 90 valence electrons. The fourth-order valence-electron chi connectivity index (χ4n) is 0.692. The van der Waals surface area contributed by atoms with Gasteiger partial charge in [0.05, 0.1) is 0 Å². The Balaban J connectivity index is 0.000000487. The molecule has 0 atom stereocenters. The molecule has 1 heterocycles. The number of hydrogen-bond donors (Lipinski definition) is 3. The van der Waals surface area contributed by atoms with Crippen LogP contribution in [0.15, 0.2) is 0 Å². The molecule has 8 nitrogen and oxygen atoms in total. The van der Waals surface area contributed by atoms with Crippen LogP contribution < -0.4 is 16.0 Å². The van der Waals surface area contributed by atoms with Gasteiger partial charge in [0, 0.05) is 28.1 Å². The summed E-state index contributed by atoms with van der Waals surface area (Å²) in [5, 5.41) is 10.2. The average molecular weight is 228 g/mol. The van der Waals surface area contributed by atoms with E-state index in [1.54, 1.807) is 11.9 Å². The van der Waals surface area contributed by atoms with E-state index in [0.29, 0.717) is 11.9 Å². The number of nitrogens with zero attached hydrogens (tertiary/aromatic N) is 4. The van der Waals surface area contributed by atoms with Crippen molar-refractivity contribution in [3.05, 3.63) is 0 Å². The van der Waals surface area contributed by atoms with Gasteiger partial charge in [-0.05, 0) is 0 Å². The summed E-state index contributed by atoms with van der Waals surface area (Å²) in [6, 6.07) is 0. The number of carboxylic acid groups (broad SMARTS) is 1. The van der Waals surface area contributed by atoms with E-state index in [9.17, 15) is 0 Å². The van der Waals surface area contributed by atoms with Gasteiger partial charge in [-0.2, -0.15) is 15.0 Å². The summed E-state index contributed by atoms with van der Waals surface area (Å²) in [4.78, 5) is 22.6. The summed E-state index contributed by atoms with van der Waals surface area (Å²) >= 11 is 0. The molecule has 16 heavy (non-hydrogen) atoms. The van der Waals surface area contributed by atoms with Crippen molar-refractivity contribution in [2.45, 2.75) is 6.92 Å². The zero-order chi connectivity index (χ0) is 12.7. The van der Waals surface area contributed by atoms with Crippen LogP contribution in [0.5, 0.6) is 0 Å². The van der Waals surface area contributed by atoms with Gasteiger partial charge in [0.2, 0.25) is 17.8 Å². The van der Waals surface area contributed by atoms with Crippen molar-refractivity contribution in [3.8, 4) is 0 Å². The molecule has 0 amide bonds. The van der Waals surface area contributed by atoms with Gasteiger partial charge in [-0.25, -0.2) is 0 Å². The maximum Gasteiger partial charge on any atom is 0.300 e. The molecule has 1 rings (SSSR count). The minimum absolute atomic E-state index is 0.220. The number of anilines is 3. The number of rotatable bonds is 2. The number of carbonyl (C=O) groups is 1. The van der Waals surface area contributed by atoms with Crippen LogP contribution in [0.25, 0.3) is 0 Å². The molecule has 0 aromatic carbocycles. The van der Waals surface area contributed by atoms with Crippen LogP contribution >= 0.6 is 0 Å². The summed E-state index contributed by atoms with van der Waals surface area (Å²) in [5.74, 6) is 0.413. The largest absolute Gasteiger partial charge is 0.481 e. The number of carboxylic acids is 1. The van der Waals surface area contributed by atoms with E-state index in [1.165, 1.54) is 0 Å². The lowest BCUT2D eigenvalue weighted by molar-refractivity contribution is -0.134. The zero-order valence-electron chi connectivity index (χ0n) is 9.72. The number of aliphatic carboxylic acids is 1. The van der Waals surface area contributed by atoms with Crippen molar-refractivity contribution in [2.75, 3.05) is 37.1 Å². The highest BCUT2D eigenvalue weighted by Crippen LogP contribution is 2.07. The van der Waals surface area contributed by atoms with Crippen molar-refractivity contribution in [1.29, 1.82) is 0 Å². The molecule has 0 radical (unpaired) electrons. The number of aromatic nitrogens is 3. The van der Waals surface area contributed by atoms with Gasteiger partial charge in [0.1, 0.15) is 0 Å². The Bertz CT molecular complexity index is 350. The SMILES string of the molecule is CC(=O)O.CNc1nc(N)nc(N(C)C)n1. The second kappa shape index (κ2) is 6.38. The summed E-state index contributed by atoms with van der Waals surface area (Å²) in [7, 11) is 5.41. The normalized spacial score (nSPS) is 8.75. The van der Waals surface area contributed by atoms with Gasteiger partial charge >= 0.3 is 0 Å². The maximum atomic E-state index is 9.00. The van der Waals surface area contributed by atoms with Crippen LogP contribution in [0.4, 0.5) is 17.8 Å². The first-order valence-corrected chi connectivity index (χ1v) is 4.43. The monoisotopic (exact) mass is 228 g/mol. The highest BCUT2D eigenvalue weighted by molar-refractivity contribution is 5.62. The van der Waals surface area contributed by atoms with Crippen molar-refractivity contribution >= 4 is 23.8 Å². The van der Waals surface area contributed by atoms with Gasteiger partial charge in [-0.3, -0.25) is 4.79 Å². The number of nitrogens with two attached hydrogens (primary N) is 1. The summed E-state index contributed by atoms with van der Waals surface area (Å²) < 4.78 is 0. The van der Waals surface area contributed by atoms with Crippen LogP contribution in [0.2, 0.25) is 0 Å². The third-order valence-electron chi connectivity index (χ3n) is 1.26. The fourth-order valence-corrected chi connectivity index (χ4v) is 0.692. The summed E-state index contributed by atoms with van der Waals surface area (Å²) in [5.41, 5.74) is 5.44. The number of nitrogens with one attached hydrogen (secondary N) is 1. The quantitative estimate of drug-likeness (QED) is 0.628. The lowest BCUT2D eigenvalue weighted by atomic mass is 10.7. The molecular weight excluding hydrogens is 212 g/mol. The summed E-state index contributed by atoms with van der Waals surface area (Å²) in [6.07, 6.45) is 0. The first-order valence-electron chi connectivity index (χ1n) is 4.43. The molecule has 1 aromatic rings. The zero-order valence-corrected chi connectivity index (χ0v) is 9.72. The lowest BCUT2D eigenvalue weighted by Crippen LogP contribution is -2.15. The van der Waals surface area contributed by atoms with Crippen LogP contribution in [0.3, 0.4) is 0 Å². The fraction of sp³-hybridized carbons (Fsp3) is 0.500. The van der Waals surface area contributed by atoms with E-state index in [0.717, 1.165) is 6.92 Å². The van der Waals surface area contributed by atoms with Gasteiger partial charge in [-0.1, -0.05) is 0 Å². The van der Waals surface area contributed by atoms with E-state index in [1.807, 2.05) is 14.1 Å². The minimum atomic E-state index is -0.833. The maximum absolute atomic E-state index is 9.00. The molecule has 0 saturated heterocycles. The number of hydrogen-bond acceptors (Lipinski definition) is 7. The second-order valence-corrected chi connectivity index (χ2v) is 2.98. The highest BCUT2D eigenvalue weighted by atomic mass is 16.4. The van der Waals surface area contributed by atoms with Crippen molar-refractivity contribution in [3.63, 3.8) is 0 Å². The molecule has 0 aliphatic rings.